The molecular formula is C25H32Cl2N2O6S. The fourth-order valence-corrected chi connectivity index (χ4v) is 4.98. The molecule has 2 aromatic rings. The second-order valence-corrected chi connectivity index (χ2v) is 11.9. The van der Waals surface area contributed by atoms with Crippen LogP contribution in [0.3, 0.4) is 0 Å². The smallest absolute Gasteiger partial charge is 0.335 e. The molecule has 3 rings (SSSR count). The number of thioether (sulfide) groups is 1. The summed E-state index contributed by atoms with van der Waals surface area (Å²) in [7, 11) is 0. The van der Waals surface area contributed by atoms with Gasteiger partial charge in [0.1, 0.15) is 0 Å². The lowest BCUT2D eigenvalue weighted by Gasteiger charge is -2.19. The Morgan fingerprint density at radius 1 is 1.00 bits per heavy atom. The monoisotopic (exact) mass is 558 g/mol. The van der Waals surface area contributed by atoms with E-state index in [0.29, 0.717) is 6.54 Å². The minimum Gasteiger partial charge on any atom is -0.479 e. The first-order valence-corrected chi connectivity index (χ1v) is 12.9. The number of hydrogen-bond donors (Lipinski definition) is 6. The molecule has 1 aliphatic rings. The number of halogens is 2. The third kappa shape index (κ3) is 9.14. The summed E-state index contributed by atoms with van der Waals surface area (Å²) in [6, 6.07) is 10.5. The van der Waals surface area contributed by atoms with Crippen LogP contribution in [0.25, 0.3) is 0 Å². The lowest BCUT2D eigenvalue weighted by molar-refractivity contribution is -0.165. The van der Waals surface area contributed by atoms with Crippen molar-refractivity contribution in [2.24, 2.45) is 0 Å². The van der Waals surface area contributed by atoms with E-state index in [1.165, 1.54) is 11.1 Å². The highest BCUT2D eigenvalue weighted by molar-refractivity contribution is 8.00. The summed E-state index contributed by atoms with van der Waals surface area (Å²) in [6.07, 6.45) is -2.48. The molecule has 1 heterocycles. The maximum absolute atomic E-state index is 9.77. The molecule has 0 aliphatic carbocycles. The van der Waals surface area contributed by atoms with Gasteiger partial charge < -0.3 is 31.1 Å². The Morgan fingerprint density at radius 3 is 2.17 bits per heavy atom. The average molecular weight is 560 g/mol. The molecule has 2 aromatic carbocycles. The lowest BCUT2D eigenvalue weighted by Crippen LogP contribution is -2.39. The molecule has 8 nitrogen and oxygen atoms in total. The van der Waals surface area contributed by atoms with Crippen molar-refractivity contribution in [1.29, 1.82) is 0 Å². The van der Waals surface area contributed by atoms with Crippen LogP contribution in [0, 0.1) is 0 Å². The molecule has 0 amide bonds. The number of carboxylic acid groups (broad SMARTS) is 2. The summed E-state index contributed by atoms with van der Waals surface area (Å²) in [5.41, 5.74) is 4.95. The SMILES string of the molecule is CC(C)(C)Sc1ccc(CNc2c(Cl)ccc3c2CCNCC3)cc1Cl.O=C(O)C(O)C(O)C(=O)O. The van der Waals surface area contributed by atoms with Gasteiger partial charge in [-0.1, -0.05) is 56.1 Å². The number of hydrogen-bond acceptors (Lipinski definition) is 7. The topological polar surface area (TPSA) is 139 Å². The molecule has 0 saturated heterocycles. The van der Waals surface area contributed by atoms with E-state index in [2.05, 4.69) is 55.7 Å². The fraction of sp³-hybridized carbons (Fsp3) is 0.440. The largest absolute Gasteiger partial charge is 0.479 e. The average Bonchev–Trinajstić information content (AvgIpc) is 3.04. The van der Waals surface area contributed by atoms with Crippen LogP contribution in [0.1, 0.15) is 37.5 Å². The molecule has 0 spiro atoms. The van der Waals surface area contributed by atoms with Gasteiger partial charge in [-0.3, -0.25) is 0 Å². The molecular weight excluding hydrogens is 527 g/mol. The van der Waals surface area contributed by atoms with Crippen molar-refractivity contribution < 1.29 is 30.0 Å². The van der Waals surface area contributed by atoms with E-state index in [9.17, 15) is 9.59 Å². The van der Waals surface area contributed by atoms with Crippen LogP contribution in [0.15, 0.2) is 35.2 Å². The van der Waals surface area contributed by atoms with E-state index in [0.717, 1.165) is 52.1 Å². The van der Waals surface area contributed by atoms with Gasteiger partial charge in [0.2, 0.25) is 0 Å². The molecule has 0 aromatic heterocycles. The van der Waals surface area contributed by atoms with Gasteiger partial charge in [-0.05, 0) is 60.8 Å². The van der Waals surface area contributed by atoms with Crippen LogP contribution in [-0.2, 0) is 29.0 Å². The van der Waals surface area contributed by atoms with Crippen LogP contribution < -0.4 is 10.6 Å². The summed E-state index contributed by atoms with van der Waals surface area (Å²) in [4.78, 5) is 20.7. The van der Waals surface area contributed by atoms with E-state index < -0.39 is 24.1 Å². The van der Waals surface area contributed by atoms with Crippen molar-refractivity contribution >= 4 is 52.6 Å². The van der Waals surface area contributed by atoms with Gasteiger partial charge in [-0.2, -0.15) is 0 Å². The maximum atomic E-state index is 9.77. The number of benzene rings is 2. The highest BCUT2D eigenvalue weighted by Gasteiger charge is 2.29. The quantitative estimate of drug-likeness (QED) is 0.277. The third-order valence-corrected chi connectivity index (χ3v) is 7.10. The standard InChI is InChI=1S/C21H26Cl2N2S.C4H6O6/c1-21(2,3)26-19-7-4-14(12-18(19)23)13-25-20-16-9-11-24-10-8-15(16)5-6-17(20)22;5-1(3(7)8)2(6)4(9)10/h4-7,12,24-25H,8-11,13H2,1-3H3;1-2,5-6H,(H,7,8)(H,9,10). The van der Waals surface area contributed by atoms with Gasteiger partial charge in [-0.15, -0.1) is 11.8 Å². The van der Waals surface area contributed by atoms with Crippen molar-refractivity contribution in [2.75, 3.05) is 18.4 Å². The van der Waals surface area contributed by atoms with Crippen molar-refractivity contribution in [3.63, 3.8) is 0 Å². The number of aliphatic hydroxyl groups is 2. The molecule has 36 heavy (non-hydrogen) atoms. The van der Waals surface area contributed by atoms with Gasteiger partial charge >= 0.3 is 11.9 Å². The number of fused-ring (bicyclic) bond motifs is 1. The Hall–Kier alpha value is -2.01. The highest BCUT2D eigenvalue weighted by atomic mass is 35.5. The zero-order valence-corrected chi connectivity index (χ0v) is 22.7. The summed E-state index contributed by atoms with van der Waals surface area (Å²) in [5, 5.41) is 41.1. The highest BCUT2D eigenvalue weighted by Crippen LogP contribution is 2.37. The molecule has 11 heteroatoms. The van der Waals surface area contributed by atoms with Crippen molar-refractivity contribution in [2.45, 2.75) is 62.0 Å². The van der Waals surface area contributed by atoms with Crippen LogP contribution in [0.4, 0.5) is 5.69 Å². The van der Waals surface area contributed by atoms with Crippen LogP contribution in [-0.4, -0.2) is 62.4 Å². The first-order chi connectivity index (χ1) is 16.8. The molecule has 1 aliphatic heterocycles. The van der Waals surface area contributed by atoms with E-state index in [-0.39, 0.29) is 4.75 Å². The molecule has 0 saturated carbocycles. The first-order valence-electron chi connectivity index (χ1n) is 11.3. The summed E-state index contributed by atoms with van der Waals surface area (Å²) in [5.74, 6) is -3.54. The zero-order valence-electron chi connectivity index (χ0n) is 20.3. The molecule has 198 valence electrons. The predicted octanol–water partition coefficient (Wildman–Crippen LogP) is 4.06. The number of rotatable bonds is 7. The molecule has 0 bridgehead atoms. The lowest BCUT2D eigenvalue weighted by atomic mass is 10.0. The minimum absolute atomic E-state index is 0.145. The first kappa shape index (κ1) is 30.2. The Kier molecular flexibility index (Phi) is 11.3. The van der Waals surface area contributed by atoms with Gasteiger partial charge in [0, 0.05) is 16.2 Å². The number of aliphatic hydroxyl groups excluding tert-OH is 2. The summed E-state index contributed by atoms with van der Waals surface area (Å²) >= 11 is 14.8. The minimum atomic E-state index is -2.27. The second-order valence-electron chi connectivity index (χ2n) is 9.21. The molecule has 0 fully saturated rings. The third-order valence-electron chi connectivity index (χ3n) is 5.17. The van der Waals surface area contributed by atoms with Crippen molar-refractivity contribution in [3.8, 4) is 0 Å². The summed E-state index contributed by atoms with van der Waals surface area (Å²) < 4.78 is 0.145. The zero-order chi connectivity index (χ0) is 27.0. The molecule has 0 radical (unpaired) electrons. The Balaban J connectivity index is 0.000000388. The van der Waals surface area contributed by atoms with Crippen LogP contribution >= 0.6 is 35.0 Å². The Labute approximate surface area is 225 Å². The van der Waals surface area contributed by atoms with Crippen molar-refractivity contribution in [1.82, 2.24) is 5.32 Å². The number of carboxylic acids is 2. The van der Waals surface area contributed by atoms with E-state index >= 15 is 0 Å². The van der Waals surface area contributed by atoms with E-state index in [1.54, 1.807) is 11.8 Å². The van der Waals surface area contributed by atoms with Crippen molar-refractivity contribution in [3.05, 3.63) is 57.1 Å². The number of nitrogens with one attached hydrogen (secondary N) is 2. The summed E-state index contributed by atoms with van der Waals surface area (Å²) in [6.45, 7) is 9.32. The maximum Gasteiger partial charge on any atom is 0.335 e. The normalized spacial score (nSPS) is 15.0. The van der Waals surface area contributed by atoms with Gasteiger partial charge in [-0.25, -0.2) is 9.59 Å². The second kappa shape index (κ2) is 13.5. The van der Waals surface area contributed by atoms with Crippen LogP contribution in [0.2, 0.25) is 10.0 Å². The molecule has 6 N–H and O–H groups in total. The Bertz CT molecular complexity index is 1060. The van der Waals surface area contributed by atoms with E-state index in [1.807, 2.05) is 6.07 Å². The number of carbonyl (C=O) groups is 2. The van der Waals surface area contributed by atoms with Gasteiger partial charge in [0.05, 0.1) is 15.7 Å². The fourth-order valence-electron chi connectivity index (χ4n) is 3.46. The van der Waals surface area contributed by atoms with E-state index in [4.69, 9.17) is 43.6 Å². The molecule has 2 unspecified atom stereocenters. The number of anilines is 1. The molecule has 2 atom stereocenters. The van der Waals surface area contributed by atoms with Gasteiger partial charge in [0.15, 0.2) is 12.2 Å². The Morgan fingerprint density at radius 2 is 1.61 bits per heavy atom. The predicted molar refractivity (Wildman–Crippen MR) is 143 cm³/mol. The van der Waals surface area contributed by atoms with Crippen LogP contribution in [0.5, 0.6) is 0 Å². The van der Waals surface area contributed by atoms with Gasteiger partial charge in [0.25, 0.3) is 0 Å². The number of aliphatic carboxylic acids is 2.